The van der Waals surface area contributed by atoms with E-state index < -0.39 is 0 Å². The molecule has 0 saturated carbocycles. The van der Waals surface area contributed by atoms with Crippen LogP contribution in [0.2, 0.25) is 0 Å². The average Bonchev–Trinajstić information content (AvgIpc) is 2.13. The highest BCUT2D eigenvalue weighted by molar-refractivity contribution is 5.89. The molecule has 0 unspecified atom stereocenters. The molecule has 0 spiro atoms. The largest absolute Gasteiger partial charge is 0.458 e. The van der Waals surface area contributed by atoms with Crippen molar-refractivity contribution < 1.29 is 9.53 Å². The van der Waals surface area contributed by atoms with Crippen LogP contribution in [0.3, 0.4) is 0 Å². The summed E-state index contributed by atoms with van der Waals surface area (Å²) < 4.78 is 4.88. The zero-order chi connectivity index (χ0) is 8.27. The SMILES string of the molecule is CC(C)C1=CC=CCOC1=O. The molecule has 60 valence electrons. The summed E-state index contributed by atoms with van der Waals surface area (Å²) in [5, 5.41) is 0. The highest BCUT2D eigenvalue weighted by Gasteiger charge is 2.14. The lowest BCUT2D eigenvalue weighted by Gasteiger charge is -2.06. The van der Waals surface area contributed by atoms with Crippen molar-refractivity contribution in [1.82, 2.24) is 0 Å². The van der Waals surface area contributed by atoms with E-state index in [4.69, 9.17) is 4.74 Å². The molecule has 1 heterocycles. The molecule has 0 amide bonds. The molecular formula is C9H12O2. The second-order valence-electron chi connectivity index (χ2n) is 2.80. The van der Waals surface area contributed by atoms with E-state index in [1.54, 1.807) is 0 Å². The highest BCUT2D eigenvalue weighted by Crippen LogP contribution is 2.13. The number of hydrogen-bond donors (Lipinski definition) is 0. The van der Waals surface area contributed by atoms with E-state index in [2.05, 4.69) is 0 Å². The van der Waals surface area contributed by atoms with Crippen molar-refractivity contribution in [1.29, 1.82) is 0 Å². The van der Waals surface area contributed by atoms with Gasteiger partial charge in [0.1, 0.15) is 6.61 Å². The lowest BCUT2D eigenvalue weighted by molar-refractivity contribution is -0.138. The Morgan fingerprint density at radius 3 is 2.91 bits per heavy atom. The first kappa shape index (κ1) is 8.05. The topological polar surface area (TPSA) is 26.3 Å². The fraction of sp³-hybridized carbons (Fsp3) is 0.444. The number of carbonyl (C=O) groups is 1. The van der Waals surface area contributed by atoms with Crippen LogP contribution >= 0.6 is 0 Å². The van der Waals surface area contributed by atoms with Gasteiger partial charge in [0.25, 0.3) is 0 Å². The molecule has 11 heavy (non-hydrogen) atoms. The summed E-state index contributed by atoms with van der Waals surface area (Å²) in [6.45, 7) is 4.35. The summed E-state index contributed by atoms with van der Waals surface area (Å²) in [5.41, 5.74) is 0.749. The molecule has 0 bridgehead atoms. The number of rotatable bonds is 1. The van der Waals surface area contributed by atoms with Crippen molar-refractivity contribution in [2.75, 3.05) is 6.61 Å². The Morgan fingerprint density at radius 1 is 1.55 bits per heavy atom. The standard InChI is InChI=1S/C9H12O2/c1-7(2)8-5-3-4-6-11-9(8)10/h3-5,7H,6H2,1-2H3. The van der Waals surface area contributed by atoms with Crippen molar-refractivity contribution in [2.24, 2.45) is 5.92 Å². The Bertz CT molecular complexity index is 212. The van der Waals surface area contributed by atoms with Gasteiger partial charge in [0.15, 0.2) is 0 Å². The zero-order valence-electron chi connectivity index (χ0n) is 6.83. The summed E-state index contributed by atoms with van der Waals surface area (Å²) in [6, 6.07) is 0. The first-order valence-electron chi connectivity index (χ1n) is 3.75. The van der Waals surface area contributed by atoms with Crippen molar-refractivity contribution in [3.05, 3.63) is 23.8 Å². The fourth-order valence-electron chi connectivity index (χ4n) is 0.931. The first-order chi connectivity index (χ1) is 5.22. The van der Waals surface area contributed by atoms with Gasteiger partial charge >= 0.3 is 5.97 Å². The third-order valence-electron chi connectivity index (χ3n) is 1.58. The van der Waals surface area contributed by atoms with Crippen LogP contribution in [0.5, 0.6) is 0 Å². The summed E-state index contributed by atoms with van der Waals surface area (Å²) in [7, 11) is 0. The van der Waals surface area contributed by atoms with Gasteiger partial charge in [-0.1, -0.05) is 26.0 Å². The molecule has 0 aromatic heterocycles. The molecule has 0 radical (unpaired) electrons. The molecule has 2 heteroatoms. The third-order valence-corrected chi connectivity index (χ3v) is 1.58. The number of allylic oxidation sites excluding steroid dienone is 2. The highest BCUT2D eigenvalue weighted by atomic mass is 16.5. The maximum Gasteiger partial charge on any atom is 0.334 e. The van der Waals surface area contributed by atoms with Gasteiger partial charge < -0.3 is 4.74 Å². The van der Waals surface area contributed by atoms with E-state index in [9.17, 15) is 4.79 Å². The summed E-state index contributed by atoms with van der Waals surface area (Å²) in [6.07, 6.45) is 5.51. The third kappa shape index (κ3) is 1.93. The number of ether oxygens (including phenoxy) is 1. The van der Waals surface area contributed by atoms with Gasteiger partial charge in [-0.3, -0.25) is 0 Å². The molecule has 2 nitrogen and oxygen atoms in total. The van der Waals surface area contributed by atoms with Gasteiger partial charge in [-0.05, 0) is 12.0 Å². The maximum atomic E-state index is 11.1. The number of cyclic esters (lactones) is 1. The molecule has 0 fully saturated rings. The van der Waals surface area contributed by atoms with Crippen LogP contribution in [0.1, 0.15) is 13.8 Å². The quantitative estimate of drug-likeness (QED) is 0.534. The molecule has 0 aliphatic carbocycles. The maximum absolute atomic E-state index is 11.1. The van der Waals surface area contributed by atoms with E-state index in [1.165, 1.54) is 0 Å². The fourth-order valence-corrected chi connectivity index (χ4v) is 0.931. The lowest BCUT2D eigenvalue weighted by Crippen LogP contribution is -2.10. The molecule has 0 aromatic rings. The van der Waals surface area contributed by atoms with E-state index in [1.807, 2.05) is 32.1 Å². The minimum absolute atomic E-state index is 0.190. The van der Waals surface area contributed by atoms with Crippen molar-refractivity contribution in [2.45, 2.75) is 13.8 Å². The predicted octanol–water partition coefficient (Wildman–Crippen LogP) is 1.68. The Labute approximate surface area is 66.5 Å². The van der Waals surface area contributed by atoms with Crippen LogP contribution in [0.4, 0.5) is 0 Å². The van der Waals surface area contributed by atoms with E-state index in [0.29, 0.717) is 6.61 Å². The minimum atomic E-state index is -0.190. The number of hydrogen-bond acceptors (Lipinski definition) is 2. The molecule has 0 atom stereocenters. The van der Waals surface area contributed by atoms with Crippen LogP contribution in [-0.2, 0) is 9.53 Å². The lowest BCUT2D eigenvalue weighted by atomic mass is 10.0. The van der Waals surface area contributed by atoms with Crippen LogP contribution in [0, 0.1) is 5.92 Å². The minimum Gasteiger partial charge on any atom is -0.458 e. The number of esters is 1. The van der Waals surface area contributed by atoms with Crippen LogP contribution in [-0.4, -0.2) is 12.6 Å². The van der Waals surface area contributed by atoms with Gasteiger partial charge in [-0.15, -0.1) is 0 Å². The van der Waals surface area contributed by atoms with Gasteiger partial charge in [0.05, 0.1) is 0 Å². The summed E-state index contributed by atoms with van der Waals surface area (Å²) in [4.78, 5) is 11.1. The second-order valence-corrected chi connectivity index (χ2v) is 2.80. The van der Waals surface area contributed by atoms with Gasteiger partial charge in [0, 0.05) is 5.57 Å². The van der Waals surface area contributed by atoms with Gasteiger partial charge in [-0.25, -0.2) is 4.79 Å². The molecule has 0 saturated heterocycles. The first-order valence-corrected chi connectivity index (χ1v) is 3.75. The summed E-state index contributed by atoms with van der Waals surface area (Å²) >= 11 is 0. The smallest absolute Gasteiger partial charge is 0.334 e. The zero-order valence-corrected chi connectivity index (χ0v) is 6.83. The molecule has 1 aliphatic heterocycles. The van der Waals surface area contributed by atoms with Gasteiger partial charge in [-0.2, -0.15) is 0 Å². The Kier molecular flexibility index (Phi) is 2.47. The van der Waals surface area contributed by atoms with Crippen molar-refractivity contribution in [3.63, 3.8) is 0 Å². The van der Waals surface area contributed by atoms with Crippen molar-refractivity contribution in [3.8, 4) is 0 Å². The Morgan fingerprint density at radius 2 is 2.27 bits per heavy atom. The number of carbonyl (C=O) groups excluding carboxylic acids is 1. The van der Waals surface area contributed by atoms with E-state index in [-0.39, 0.29) is 11.9 Å². The van der Waals surface area contributed by atoms with E-state index >= 15 is 0 Å². The monoisotopic (exact) mass is 152 g/mol. The normalized spacial score (nSPS) is 17.7. The van der Waals surface area contributed by atoms with E-state index in [0.717, 1.165) is 5.57 Å². The predicted molar refractivity (Wildman–Crippen MR) is 43.0 cm³/mol. The Balaban J connectivity index is 2.80. The van der Waals surface area contributed by atoms with Gasteiger partial charge in [0.2, 0.25) is 0 Å². The summed E-state index contributed by atoms with van der Waals surface area (Å²) in [5.74, 6) is 0.0512. The van der Waals surface area contributed by atoms with Crippen molar-refractivity contribution >= 4 is 5.97 Å². The van der Waals surface area contributed by atoms with Crippen LogP contribution in [0.15, 0.2) is 23.8 Å². The van der Waals surface area contributed by atoms with Crippen LogP contribution in [0.25, 0.3) is 0 Å². The Hall–Kier alpha value is -1.05. The molecular weight excluding hydrogens is 140 g/mol. The molecule has 1 aliphatic rings. The molecule has 0 N–H and O–H groups in total. The van der Waals surface area contributed by atoms with Crippen LogP contribution < -0.4 is 0 Å². The average molecular weight is 152 g/mol. The molecule has 0 aromatic carbocycles. The second kappa shape index (κ2) is 3.37. The molecule has 1 rings (SSSR count).